The third-order valence-electron chi connectivity index (χ3n) is 8.44. The largest absolute Gasteiger partial charge is 0.465 e. The highest BCUT2D eigenvalue weighted by Crippen LogP contribution is 2.66. The average molecular weight is 507 g/mol. The topological polar surface area (TPSA) is 116 Å². The van der Waals surface area contributed by atoms with Gasteiger partial charge in [0.2, 0.25) is 0 Å². The van der Waals surface area contributed by atoms with Crippen LogP contribution in [0.1, 0.15) is 73.6 Å². The molecular weight excluding hydrogens is 476 g/mol. The van der Waals surface area contributed by atoms with Crippen molar-refractivity contribution in [3.8, 4) is 0 Å². The average Bonchev–Trinajstić information content (AvgIpc) is 3.37. The summed E-state index contributed by atoms with van der Waals surface area (Å²) in [5, 5.41) is 11.2. The van der Waals surface area contributed by atoms with Crippen LogP contribution in [0.2, 0.25) is 0 Å². The minimum Gasteiger partial charge on any atom is -0.465 e. The number of benzene rings is 2. The van der Waals surface area contributed by atoms with Crippen LogP contribution < -0.4 is 0 Å². The molecule has 2 aliphatic heterocycles. The van der Waals surface area contributed by atoms with E-state index in [0.717, 1.165) is 11.1 Å². The van der Waals surface area contributed by atoms with Gasteiger partial charge in [0, 0.05) is 36.2 Å². The molecular formula is C28H30N2O7. The molecule has 194 valence electrons. The normalized spacial score (nSPS) is 26.2. The first-order chi connectivity index (χ1) is 17.7. The number of fused-ring (bicyclic) bond motifs is 3. The number of nitro groups is 1. The summed E-state index contributed by atoms with van der Waals surface area (Å²) < 4.78 is 10.8. The first kappa shape index (κ1) is 25.1. The Morgan fingerprint density at radius 2 is 1.70 bits per heavy atom. The van der Waals surface area contributed by atoms with Gasteiger partial charge < -0.3 is 9.47 Å². The van der Waals surface area contributed by atoms with Crippen LogP contribution in [0.5, 0.6) is 0 Å². The van der Waals surface area contributed by atoms with E-state index in [1.807, 2.05) is 31.2 Å². The molecule has 0 radical (unpaired) electrons. The fourth-order valence-corrected chi connectivity index (χ4v) is 6.98. The molecule has 1 spiro atoms. The molecule has 3 aliphatic rings. The van der Waals surface area contributed by atoms with Crippen LogP contribution in [0.25, 0.3) is 0 Å². The summed E-state index contributed by atoms with van der Waals surface area (Å²) in [5.41, 5.74) is -0.339. The lowest BCUT2D eigenvalue weighted by molar-refractivity contribution is -0.384. The Labute approximate surface area is 214 Å². The van der Waals surface area contributed by atoms with Crippen molar-refractivity contribution in [1.29, 1.82) is 0 Å². The molecule has 0 amide bonds. The lowest BCUT2D eigenvalue weighted by Crippen LogP contribution is -2.57. The first-order valence-electron chi connectivity index (χ1n) is 12.7. The molecule has 2 aromatic rings. The molecule has 1 saturated heterocycles. The zero-order chi connectivity index (χ0) is 26.5. The number of carbonyl (C=O) groups is 3. The van der Waals surface area contributed by atoms with Gasteiger partial charge in [-0.25, -0.2) is 0 Å². The van der Waals surface area contributed by atoms with Gasteiger partial charge in [-0.05, 0) is 50.7 Å². The molecule has 0 aromatic heterocycles. The Hall–Kier alpha value is -3.59. The molecule has 1 saturated carbocycles. The van der Waals surface area contributed by atoms with Crippen molar-refractivity contribution in [1.82, 2.24) is 4.90 Å². The van der Waals surface area contributed by atoms with E-state index in [0.29, 0.717) is 12.0 Å². The summed E-state index contributed by atoms with van der Waals surface area (Å²) in [6, 6.07) is 13.4. The summed E-state index contributed by atoms with van der Waals surface area (Å²) in [5.74, 6) is -1.68. The van der Waals surface area contributed by atoms with Gasteiger partial charge in [0.15, 0.2) is 11.2 Å². The second kappa shape index (κ2) is 9.06. The molecule has 9 heteroatoms. The monoisotopic (exact) mass is 506 g/mol. The van der Waals surface area contributed by atoms with Crippen LogP contribution in [0.15, 0.2) is 48.5 Å². The van der Waals surface area contributed by atoms with Gasteiger partial charge in [-0.1, -0.05) is 36.4 Å². The molecule has 5 rings (SSSR count). The van der Waals surface area contributed by atoms with Gasteiger partial charge in [-0.2, -0.15) is 0 Å². The minimum atomic E-state index is -1.57. The number of carbonyl (C=O) groups excluding carboxylic acids is 3. The maximum Gasteiger partial charge on any atom is 0.323 e. The predicted molar refractivity (Wildman–Crippen MR) is 133 cm³/mol. The van der Waals surface area contributed by atoms with Crippen LogP contribution in [0.3, 0.4) is 0 Å². The number of non-ortho nitro benzene ring substituents is 1. The molecule has 2 fully saturated rings. The minimum absolute atomic E-state index is 0.0143. The Bertz CT molecular complexity index is 1260. The third kappa shape index (κ3) is 3.51. The summed E-state index contributed by atoms with van der Waals surface area (Å²) in [6.45, 7) is 5.56. The smallest absolute Gasteiger partial charge is 0.323 e. The van der Waals surface area contributed by atoms with Crippen LogP contribution in [-0.4, -0.2) is 46.3 Å². The molecule has 2 heterocycles. The molecule has 0 unspecified atom stereocenters. The van der Waals surface area contributed by atoms with Crippen molar-refractivity contribution in [2.45, 2.75) is 57.7 Å². The zero-order valence-electron chi connectivity index (χ0n) is 21.1. The number of Topliss-reactive ketones (excluding diaryl/α,β-unsaturated/α-hetero) is 1. The standard InChI is InChI=1S/C28H30N2O7/c1-4-36-25(32)27(26(33)37-5-2)15-19-14-23-21-8-6-7-9-22(21)24(31)28(19,16-27)29(23)17(3)18-10-12-20(13-11-18)30(34)35/h6-13,17,19,23H,4-5,14-16H2,1-3H3/t17-,19-,23-,28+/m0/s1. The fraction of sp³-hybridized carbons (Fsp3) is 0.464. The fourth-order valence-electron chi connectivity index (χ4n) is 6.98. The van der Waals surface area contributed by atoms with E-state index < -0.39 is 27.8 Å². The number of ether oxygens (including phenoxy) is 2. The summed E-state index contributed by atoms with van der Waals surface area (Å²) in [6.07, 6.45) is 0.744. The molecule has 37 heavy (non-hydrogen) atoms. The predicted octanol–water partition coefficient (Wildman–Crippen LogP) is 4.56. The lowest BCUT2D eigenvalue weighted by atomic mass is 9.75. The number of nitro benzene ring substituents is 1. The van der Waals surface area contributed by atoms with E-state index in [2.05, 4.69) is 4.90 Å². The van der Waals surface area contributed by atoms with Crippen LogP contribution in [0.4, 0.5) is 5.69 Å². The molecule has 9 nitrogen and oxygen atoms in total. The maximum absolute atomic E-state index is 14.4. The van der Waals surface area contributed by atoms with E-state index in [1.54, 1.807) is 26.0 Å². The quantitative estimate of drug-likeness (QED) is 0.232. The van der Waals surface area contributed by atoms with E-state index in [1.165, 1.54) is 12.1 Å². The van der Waals surface area contributed by atoms with Crippen molar-refractivity contribution < 1.29 is 28.8 Å². The maximum atomic E-state index is 14.4. The van der Waals surface area contributed by atoms with Gasteiger partial charge in [0.25, 0.3) is 5.69 Å². The van der Waals surface area contributed by atoms with Crippen molar-refractivity contribution in [3.05, 3.63) is 75.3 Å². The molecule has 1 aliphatic carbocycles. The highest BCUT2D eigenvalue weighted by Gasteiger charge is 2.73. The van der Waals surface area contributed by atoms with Gasteiger partial charge in [-0.15, -0.1) is 0 Å². The number of rotatable bonds is 7. The van der Waals surface area contributed by atoms with Crippen molar-refractivity contribution in [2.24, 2.45) is 11.3 Å². The molecule has 2 bridgehead atoms. The van der Waals surface area contributed by atoms with Gasteiger partial charge in [-0.3, -0.25) is 29.4 Å². The van der Waals surface area contributed by atoms with Gasteiger partial charge >= 0.3 is 11.9 Å². The molecule has 2 aromatic carbocycles. The van der Waals surface area contributed by atoms with E-state index >= 15 is 0 Å². The number of nitrogens with zero attached hydrogens (tertiary/aromatic N) is 2. The first-order valence-corrected chi connectivity index (χ1v) is 12.7. The van der Waals surface area contributed by atoms with Crippen LogP contribution >= 0.6 is 0 Å². The number of hydrogen-bond donors (Lipinski definition) is 0. The third-order valence-corrected chi connectivity index (χ3v) is 8.44. The van der Waals surface area contributed by atoms with Crippen molar-refractivity contribution in [3.63, 3.8) is 0 Å². The summed E-state index contributed by atoms with van der Waals surface area (Å²) in [4.78, 5) is 54.0. The summed E-state index contributed by atoms with van der Waals surface area (Å²) in [7, 11) is 0. The number of ketones is 1. The second-order valence-electron chi connectivity index (χ2n) is 10.1. The summed E-state index contributed by atoms with van der Waals surface area (Å²) >= 11 is 0. The van der Waals surface area contributed by atoms with Crippen molar-refractivity contribution in [2.75, 3.05) is 13.2 Å². The Kier molecular flexibility index (Phi) is 6.14. The van der Waals surface area contributed by atoms with E-state index in [9.17, 15) is 24.5 Å². The Morgan fingerprint density at radius 1 is 1.08 bits per heavy atom. The van der Waals surface area contributed by atoms with Crippen LogP contribution in [0, 0.1) is 21.4 Å². The van der Waals surface area contributed by atoms with Gasteiger partial charge in [0.1, 0.15) is 0 Å². The van der Waals surface area contributed by atoms with Crippen LogP contribution in [-0.2, 0) is 19.1 Å². The Balaban J connectivity index is 1.65. The highest BCUT2D eigenvalue weighted by atomic mass is 16.6. The molecule has 0 N–H and O–H groups in total. The van der Waals surface area contributed by atoms with Crippen molar-refractivity contribution >= 4 is 23.4 Å². The lowest BCUT2D eigenvalue weighted by Gasteiger charge is -2.48. The SMILES string of the molecule is CCOC(=O)C1(C(=O)OCC)C[C@@H]2C[C@H]3c4ccccc4C(=O)[C@]2(C1)N3[C@@H](C)c1ccc([N+](=O)[O-])cc1. The second-order valence-corrected chi connectivity index (χ2v) is 10.1. The zero-order valence-corrected chi connectivity index (χ0v) is 21.1. The number of esters is 2. The highest BCUT2D eigenvalue weighted by molar-refractivity contribution is 6.10. The van der Waals surface area contributed by atoms with E-state index in [4.69, 9.17) is 9.47 Å². The van der Waals surface area contributed by atoms with Gasteiger partial charge in [0.05, 0.1) is 23.7 Å². The molecule has 4 atom stereocenters. The number of hydrogen-bond acceptors (Lipinski definition) is 8. The van der Waals surface area contributed by atoms with E-state index in [-0.39, 0.29) is 55.5 Å². The Morgan fingerprint density at radius 3 is 2.30 bits per heavy atom.